The fraction of sp³-hybridized carbons (Fsp3) is 0.706. The number of anilines is 1. The zero-order valence-electron chi connectivity index (χ0n) is 17.0. The van der Waals surface area contributed by atoms with Crippen LogP contribution < -0.4 is 16.5 Å². The Morgan fingerprint density at radius 3 is 2.93 bits per heavy atom. The first kappa shape index (κ1) is 22.9. The molecular weight excluding hydrogens is 419 g/mol. The van der Waals surface area contributed by atoms with Gasteiger partial charge in [0.15, 0.2) is 6.23 Å². The molecule has 2 aliphatic rings. The van der Waals surface area contributed by atoms with Gasteiger partial charge in [-0.3, -0.25) is 18.4 Å². The molecule has 6 atom stereocenters. The van der Waals surface area contributed by atoms with E-state index < -0.39 is 49.5 Å². The molecule has 0 bridgehead atoms. The quantitative estimate of drug-likeness (QED) is 0.390. The van der Waals surface area contributed by atoms with Crippen molar-refractivity contribution in [3.05, 3.63) is 22.7 Å². The van der Waals surface area contributed by atoms with Crippen molar-refractivity contribution in [3.8, 4) is 0 Å². The number of nitrogens with zero attached hydrogens (tertiary/aromatic N) is 2. The summed E-state index contributed by atoms with van der Waals surface area (Å²) in [6, 6.07) is 0.491. The van der Waals surface area contributed by atoms with Gasteiger partial charge in [0, 0.05) is 6.20 Å². The molecule has 3 rings (SSSR count). The molecule has 168 valence electrons. The minimum absolute atomic E-state index is 0.0283. The molecule has 0 spiro atoms. The van der Waals surface area contributed by atoms with E-state index in [2.05, 4.69) is 10.1 Å². The molecule has 0 amide bonds. The van der Waals surface area contributed by atoms with Crippen LogP contribution in [0.3, 0.4) is 0 Å². The Kier molecular flexibility index (Phi) is 6.66. The third-order valence-electron chi connectivity index (χ3n) is 4.95. The van der Waals surface area contributed by atoms with Crippen LogP contribution in [0, 0.1) is 0 Å². The molecule has 0 aromatic carbocycles. The Balaban J connectivity index is 1.81. The van der Waals surface area contributed by atoms with Gasteiger partial charge < -0.3 is 20.3 Å². The molecule has 30 heavy (non-hydrogen) atoms. The van der Waals surface area contributed by atoms with E-state index in [0.29, 0.717) is 12.8 Å². The van der Waals surface area contributed by atoms with E-state index in [1.54, 1.807) is 6.92 Å². The largest absolute Gasteiger partial charge is 0.465 e. The second-order valence-corrected chi connectivity index (χ2v) is 9.06. The highest BCUT2D eigenvalue weighted by Crippen LogP contribution is 2.55. The molecule has 0 unspecified atom stereocenters. The summed E-state index contributed by atoms with van der Waals surface area (Å²) in [6.45, 7) is 4.92. The van der Waals surface area contributed by atoms with Crippen molar-refractivity contribution in [2.45, 2.75) is 63.7 Å². The van der Waals surface area contributed by atoms with Crippen LogP contribution >= 0.6 is 7.75 Å². The third kappa shape index (κ3) is 4.43. The highest BCUT2D eigenvalue weighted by molar-refractivity contribution is 7.51. The number of fused-ring (bicyclic) bond motifs is 1. The maximum Gasteiger partial charge on any atom is 0.406 e. The van der Waals surface area contributed by atoms with Crippen LogP contribution in [0.15, 0.2) is 17.1 Å². The number of nitrogens with two attached hydrogens (primary N) is 1. The van der Waals surface area contributed by atoms with E-state index >= 15 is 0 Å². The molecule has 12 nitrogen and oxygen atoms in total. The third-order valence-corrected chi connectivity index (χ3v) is 6.57. The molecule has 13 heteroatoms. The van der Waals surface area contributed by atoms with E-state index in [0.717, 1.165) is 4.57 Å². The Labute approximate surface area is 173 Å². The van der Waals surface area contributed by atoms with Gasteiger partial charge in [-0.1, -0.05) is 13.3 Å². The molecule has 2 fully saturated rings. The summed E-state index contributed by atoms with van der Waals surface area (Å²) >= 11 is 0. The summed E-state index contributed by atoms with van der Waals surface area (Å²) in [5.74, 6) is -0.545. The predicted octanol–water partition coefficient (Wildman–Crippen LogP) is 0.319. The topological polar surface area (TPSA) is 164 Å². The van der Waals surface area contributed by atoms with Crippen LogP contribution in [0.4, 0.5) is 5.82 Å². The number of hydrogen-bond donors (Lipinski definition) is 3. The summed E-state index contributed by atoms with van der Waals surface area (Å²) in [5, 5.41) is 13.7. The first-order valence-electron chi connectivity index (χ1n) is 9.71. The van der Waals surface area contributed by atoms with Gasteiger partial charge in [0.2, 0.25) is 0 Å². The van der Waals surface area contributed by atoms with Gasteiger partial charge in [0.25, 0.3) is 0 Å². The number of carbonyl (C=O) groups excluding carboxylic acids is 1. The smallest absolute Gasteiger partial charge is 0.406 e. The maximum atomic E-state index is 13.2. The molecule has 2 saturated heterocycles. The van der Waals surface area contributed by atoms with Gasteiger partial charge in [-0.15, -0.1) is 0 Å². The highest BCUT2D eigenvalue weighted by Gasteiger charge is 2.60. The summed E-state index contributed by atoms with van der Waals surface area (Å²) < 4.78 is 36.0. The lowest BCUT2D eigenvalue weighted by Gasteiger charge is -2.36. The number of carbonyl (C=O) groups is 1. The van der Waals surface area contributed by atoms with E-state index in [-0.39, 0.29) is 19.0 Å². The van der Waals surface area contributed by atoms with E-state index in [4.69, 9.17) is 24.3 Å². The molecule has 0 radical (unpaired) electrons. The van der Waals surface area contributed by atoms with Gasteiger partial charge >= 0.3 is 19.4 Å². The predicted molar refractivity (Wildman–Crippen MR) is 104 cm³/mol. The molecule has 0 saturated carbocycles. The van der Waals surface area contributed by atoms with E-state index in [9.17, 15) is 19.3 Å². The van der Waals surface area contributed by atoms with Crippen LogP contribution in [0.25, 0.3) is 0 Å². The number of nitrogen functional groups attached to an aromatic ring is 1. The van der Waals surface area contributed by atoms with Gasteiger partial charge in [0.05, 0.1) is 13.2 Å². The molecule has 1 aromatic rings. The highest BCUT2D eigenvalue weighted by atomic mass is 31.2. The second kappa shape index (κ2) is 8.74. The molecule has 0 aliphatic carbocycles. The fourth-order valence-corrected chi connectivity index (χ4v) is 5.32. The number of aromatic nitrogens is 2. The summed E-state index contributed by atoms with van der Waals surface area (Å²) in [6.07, 6.45) is -0.740. The Morgan fingerprint density at radius 1 is 1.57 bits per heavy atom. The first-order chi connectivity index (χ1) is 14.1. The lowest BCUT2D eigenvalue weighted by molar-refractivity contribution is -0.145. The average Bonchev–Trinajstić information content (AvgIpc) is 2.92. The molecular formula is C17H27N4O8P. The summed E-state index contributed by atoms with van der Waals surface area (Å²) in [7, 11) is -3.98. The molecule has 4 N–H and O–H groups in total. The zero-order valence-corrected chi connectivity index (χ0v) is 17.9. The van der Waals surface area contributed by atoms with Crippen molar-refractivity contribution in [2.24, 2.45) is 0 Å². The van der Waals surface area contributed by atoms with Crippen LogP contribution in [-0.2, 0) is 27.9 Å². The Morgan fingerprint density at radius 2 is 2.30 bits per heavy atom. The van der Waals surface area contributed by atoms with Gasteiger partial charge in [-0.25, -0.2) is 14.4 Å². The van der Waals surface area contributed by atoms with Crippen molar-refractivity contribution < 1.29 is 33.0 Å². The lowest BCUT2D eigenvalue weighted by atomic mass is 9.96. The van der Waals surface area contributed by atoms with Gasteiger partial charge in [-0.2, -0.15) is 4.98 Å². The fourth-order valence-electron chi connectivity index (χ4n) is 3.52. The van der Waals surface area contributed by atoms with Gasteiger partial charge in [0.1, 0.15) is 29.7 Å². The number of rotatable bonds is 7. The van der Waals surface area contributed by atoms with Crippen LogP contribution in [0.1, 0.15) is 39.8 Å². The van der Waals surface area contributed by atoms with Crippen LogP contribution in [0.5, 0.6) is 0 Å². The number of aliphatic hydroxyl groups is 1. The van der Waals surface area contributed by atoms with E-state index in [1.165, 1.54) is 19.2 Å². The second-order valence-electron chi connectivity index (χ2n) is 7.34. The maximum absolute atomic E-state index is 13.2. The Hall–Kier alpha value is -1.82. The number of hydrogen-bond acceptors (Lipinski definition) is 10. The standard InChI is InChI=1S/C17H27N4O8P/c1-4-6-10(14(22)26-5-2)20-30(25)27-9-11-13(29-30)17(3,24)15(28-11)21-8-7-12(18)19-16(21)23/h7-8,10-11,13,15,24H,4-6,9H2,1-3H3,(H,20,25)(H2,18,19,23)/t10-,11+,13+,15+,17+,30-/m0/s1. The van der Waals surface area contributed by atoms with Crippen LogP contribution in [-0.4, -0.2) is 57.7 Å². The van der Waals surface area contributed by atoms with Gasteiger partial charge in [-0.05, 0) is 26.3 Å². The number of nitrogens with one attached hydrogen (secondary N) is 1. The Bertz CT molecular complexity index is 891. The molecule has 1 aromatic heterocycles. The minimum Gasteiger partial charge on any atom is -0.465 e. The summed E-state index contributed by atoms with van der Waals surface area (Å²) in [4.78, 5) is 28.0. The molecule has 2 aliphatic heterocycles. The SMILES string of the molecule is CCC[C@H](N[P@]1(=O)OC[C@H]2O[C@@H](n3ccc(N)nc3=O)[C@](C)(O)[C@@H]2O1)C(=O)OCC. The first-order valence-corrected chi connectivity index (χ1v) is 11.3. The number of esters is 1. The lowest BCUT2D eigenvalue weighted by Crippen LogP contribution is -2.50. The van der Waals surface area contributed by atoms with E-state index in [1.807, 2.05) is 6.92 Å². The van der Waals surface area contributed by atoms with Crippen molar-refractivity contribution in [1.82, 2.24) is 14.6 Å². The van der Waals surface area contributed by atoms with Crippen molar-refractivity contribution in [3.63, 3.8) is 0 Å². The molecule has 3 heterocycles. The minimum atomic E-state index is -3.98. The van der Waals surface area contributed by atoms with Crippen LogP contribution in [0.2, 0.25) is 0 Å². The van der Waals surface area contributed by atoms with Crippen molar-refractivity contribution >= 4 is 19.5 Å². The summed E-state index contributed by atoms with van der Waals surface area (Å²) in [5.41, 5.74) is 3.04. The monoisotopic (exact) mass is 446 g/mol. The van der Waals surface area contributed by atoms with Crippen molar-refractivity contribution in [2.75, 3.05) is 18.9 Å². The zero-order chi connectivity index (χ0) is 22.1. The number of ether oxygens (including phenoxy) is 2. The normalized spacial score (nSPS) is 34.3. The average molecular weight is 446 g/mol. The van der Waals surface area contributed by atoms with Crippen molar-refractivity contribution in [1.29, 1.82) is 0 Å².